The molecule has 2 atom stereocenters. The molecule has 1 saturated carbocycles. The van der Waals surface area contributed by atoms with Crippen molar-refractivity contribution >= 4 is 10.9 Å². The van der Waals surface area contributed by atoms with Crippen LogP contribution in [0, 0.1) is 19.8 Å². The van der Waals surface area contributed by atoms with Crippen LogP contribution in [0.4, 0.5) is 0 Å². The minimum atomic E-state index is -0.0412. The number of fused-ring (bicyclic) bond motifs is 1. The third-order valence-corrected chi connectivity index (χ3v) is 6.14. The van der Waals surface area contributed by atoms with Gasteiger partial charge in [-0.3, -0.25) is 9.78 Å². The van der Waals surface area contributed by atoms with Crippen molar-refractivity contribution in [1.82, 2.24) is 19.5 Å². The van der Waals surface area contributed by atoms with Gasteiger partial charge in [-0.1, -0.05) is 24.3 Å². The highest BCUT2D eigenvalue weighted by molar-refractivity contribution is 5.78. The topological polar surface area (TPSA) is 69.9 Å². The lowest BCUT2D eigenvalue weighted by Gasteiger charge is -2.14. The van der Waals surface area contributed by atoms with Crippen LogP contribution in [-0.4, -0.2) is 26.1 Å². The van der Waals surface area contributed by atoms with Gasteiger partial charge >= 0.3 is 0 Å². The summed E-state index contributed by atoms with van der Waals surface area (Å²) in [5, 5.41) is 1.16. The van der Waals surface area contributed by atoms with Crippen LogP contribution in [0.1, 0.15) is 29.6 Å². The maximum atomic E-state index is 11.9. The molecule has 6 nitrogen and oxygen atoms in total. The molecule has 3 heterocycles. The standard InChI is InChI=1S/C25H24N4O2/c1-15-19(9-11-24(30)29(15)3)21-13-26-16(2)27-25(21)31-14-18-12-20(18)23-10-8-17-6-4-5-7-22(17)28-23/h4-11,13,18,20H,12,14H2,1-3H3. The first-order valence-corrected chi connectivity index (χ1v) is 10.5. The smallest absolute Gasteiger partial charge is 0.250 e. The molecule has 0 aliphatic heterocycles. The number of nitrogens with zero attached hydrogens (tertiary/aromatic N) is 4. The number of benzene rings is 1. The van der Waals surface area contributed by atoms with Crippen molar-refractivity contribution in [2.75, 3.05) is 6.61 Å². The Morgan fingerprint density at radius 2 is 1.87 bits per heavy atom. The fourth-order valence-electron chi connectivity index (χ4n) is 4.03. The normalized spacial score (nSPS) is 17.6. The van der Waals surface area contributed by atoms with Crippen LogP contribution in [-0.2, 0) is 7.05 Å². The summed E-state index contributed by atoms with van der Waals surface area (Å²) < 4.78 is 7.82. The van der Waals surface area contributed by atoms with Gasteiger partial charge in [-0.25, -0.2) is 4.98 Å². The zero-order chi connectivity index (χ0) is 21.5. The summed E-state index contributed by atoms with van der Waals surface area (Å²) in [7, 11) is 1.77. The molecule has 5 rings (SSSR count). The van der Waals surface area contributed by atoms with Gasteiger partial charge in [0.2, 0.25) is 11.4 Å². The highest BCUT2D eigenvalue weighted by Crippen LogP contribution is 2.47. The molecule has 31 heavy (non-hydrogen) atoms. The van der Waals surface area contributed by atoms with E-state index in [4.69, 9.17) is 9.72 Å². The minimum absolute atomic E-state index is 0.0412. The van der Waals surface area contributed by atoms with Gasteiger partial charge in [0.25, 0.3) is 0 Å². The Morgan fingerprint density at radius 1 is 1.03 bits per heavy atom. The molecule has 0 N–H and O–H groups in total. The lowest BCUT2D eigenvalue weighted by atomic mass is 10.1. The van der Waals surface area contributed by atoms with E-state index in [-0.39, 0.29) is 5.56 Å². The average Bonchev–Trinajstić information content (AvgIpc) is 3.56. The van der Waals surface area contributed by atoms with Gasteiger partial charge in [-0.2, -0.15) is 4.98 Å². The van der Waals surface area contributed by atoms with Crippen molar-refractivity contribution < 1.29 is 4.74 Å². The van der Waals surface area contributed by atoms with E-state index in [0.717, 1.165) is 39.8 Å². The van der Waals surface area contributed by atoms with Gasteiger partial charge in [0.05, 0.1) is 17.7 Å². The first-order valence-electron chi connectivity index (χ1n) is 10.5. The van der Waals surface area contributed by atoms with E-state index in [1.165, 1.54) is 0 Å². The molecule has 4 aromatic rings. The van der Waals surface area contributed by atoms with Crippen LogP contribution in [0.15, 0.2) is 59.5 Å². The van der Waals surface area contributed by atoms with Crippen molar-refractivity contribution in [3.63, 3.8) is 0 Å². The second-order valence-electron chi connectivity index (χ2n) is 8.21. The van der Waals surface area contributed by atoms with Crippen molar-refractivity contribution in [3.8, 4) is 17.0 Å². The summed E-state index contributed by atoms with van der Waals surface area (Å²) in [4.78, 5) is 25.7. The van der Waals surface area contributed by atoms with Crippen molar-refractivity contribution in [3.05, 3.63) is 82.3 Å². The molecule has 1 fully saturated rings. The van der Waals surface area contributed by atoms with Gasteiger partial charge in [0.1, 0.15) is 5.82 Å². The Bertz CT molecular complexity index is 1350. The number of rotatable bonds is 5. The third-order valence-electron chi connectivity index (χ3n) is 6.14. The molecule has 3 aromatic heterocycles. The minimum Gasteiger partial charge on any atom is -0.477 e. The Kier molecular flexibility index (Phi) is 4.77. The van der Waals surface area contributed by atoms with E-state index in [2.05, 4.69) is 34.2 Å². The second kappa shape index (κ2) is 7.61. The van der Waals surface area contributed by atoms with Crippen LogP contribution in [0.25, 0.3) is 22.0 Å². The number of para-hydroxylation sites is 1. The average molecular weight is 412 g/mol. The Balaban J connectivity index is 1.36. The molecule has 0 saturated heterocycles. The van der Waals surface area contributed by atoms with Crippen LogP contribution >= 0.6 is 0 Å². The summed E-state index contributed by atoms with van der Waals surface area (Å²) in [6.45, 7) is 4.35. The number of hydrogen-bond donors (Lipinski definition) is 0. The summed E-state index contributed by atoms with van der Waals surface area (Å²) >= 11 is 0. The number of aryl methyl sites for hydroxylation is 1. The molecule has 1 aliphatic rings. The van der Waals surface area contributed by atoms with Gasteiger partial charge in [-0.05, 0) is 38.5 Å². The van der Waals surface area contributed by atoms with Crippen molar-refractivity contribution in [2.24, 2.45) is 13.0 Å². The Labute approximate surface area is 180 Å². The lowest BCUT2D eigenvalue weighted by Crippen LogP contribution is -2.18. The second-order valence-corrected chi connectivity index (χ2v) is 8.21. The Hall–Kier alpha value is -3.54. The molecule has 6 heteroatoms. The SMILES string of the molecule is Cc1ncc(-c2ccc(=O)n(C)c2C)c(OCC2CC2c2ccc3ccccc3n2)n1. The van der Waals surface area contributed by atoms with E-state index >= 15 is 0 Å². The number of pyridine rings is 2. The van der Waals surface area contributed by atoms with Crippen LogP contribution < -0.4 is 10.3 Å². The predicted molar refractivity (Wildman–Crippen MR) is 120 cm³/mol. The molecule has 1 aliphatic carbocycles. The van der Waals surface area contributed by atoms with Gasteiger partial charge in [-0.15, -0.1) is 0 Å². The molecule has 0 radical (unpaired) electrons. The molecular weight excluding hydrogens is 388 g/mol. The molecule has 0 amide bonds. The predicted octanol–water partition coefficient (Wildman–Crippen LogP) is 4.19. The maximum Gasteiger partial charge on any atom is 0.250 e. The lowest BCUT2D eigenvalue weighted by molar-refractivity contribution is 0.285. The first-order chi connectivity index (χ1) is 15.0. The molecule has 0 bridgehead atoms. The first kappa shape index (κ1) is 19.4. The van der Waals surface area contributed by atoms with Gasteiger partial charge in [0, 0.05) is 53.5 Å². The number of ether oxygens (including phenoxy) is 1. The summed E-state index contributed by atoms with van der Waals surface area (Å²) in [5.74, 6) is 2.05. The van der Waals surface area contributed by atoms with Crippen molar-refractivity contribution in [2.45, 2.75) is 26.2 Å². The highest BCUT2D eigenvalue weighted by atomic mass is 16.5. The van der Waals surface area contributed by atoms with Crippen LogP contribution in [0.3, 0.4) is 0 Å². The molecule has 0 spiro atoms. The van der Waals surface area contributed by atoms with E-state index in [0.29, 0.717) is 30.1 Å². The Morgan fingerprint density at radius 3 is 2.74 bits per heavy atom. The molecule has 156 valence electrons. The quantitative estimate of drug-likeness (QED) is 0.492. The number of aromatic nitrogens is 4. The summed E-state index contributed by atoms with van der Waals surface area (Å²) in [6, 6.07) is 15.8. The molecule has 2 unspecified atom stereocenters. The number of hydrogen-bond acceptors (Lipinski definition) is 5. The summed E-state index contributed by atoms with van der Waals surface area (Å²) in [6.07, 6.45) is 2.84. The van der Waals surface area contributed by atoms with Crippen LogP contribution in [0.5, 0.6) is 5.88 Å². The molecule has 1 aromatic carbocycles. The van der Waals surface area contributed by atoms with Gasteiger partial charge in [0.15, 0.2) is 0 Å². The van der Waals surface area contributed by atoms with Crippen molar-refractivity contribution in [1.29, 1.82) is 0 Å². The highest BCUT2D eigenvalue weighted by Gasteiger charge is 2.40. The summed E-state index contributed by atoms with van der Waals surface area (Å²) in [5.41, 5.74) is 4.68. The zero-order valence-corrected chi connectivity index (χ0v) is 17.9. The van der Waals surface area contributed by atoms with E-state index in [1.54, 1.807) is 23.9 Å². The van der Waals surface area contributed by atoms with E-state index in [9.17, 15) is 4.79 Å². The van der Waals surface area contributed by atoms with Gasteiger partial charge < -0.3 is 9.30 Å². The fraction of sp³-hybridized carbons (Fsp3) is 0.280. The maximum absolute atomic E-state index is 11.9. The monoisotopic (exact) mass is 412 g/mol. The van der Waals surface area contributed by atoms with Crippen LogP contribution in [0.2, 0.25) is 0 Å². The zero-order valence-electron chi connectivity index (χ0n) is 17.9. The van der Waals surface area contributed by atoms with E-state index in [1.807, 2.05) is 32.0 Å². The third kappa shape index (κ3) is 3.69. The largest absolute Gasteiger partial charge is 0.477 e. The molecular formula is C25H24N4O2. The fourth-order valence-corrected chi connectivity index (χ4v) is 4.03. The van der Waals surface area contributed by atoms with E-state index < -0.39 is 0 Å².